The Labute approximate surface area is 113 Å². The van der Waals surface area contributed by atoms with E-state index in [1.165, 1.54) is 11.7 Å². The molecule has 1 amide bonds. The summed E-state index contributed by atoms with van der Waals surface area (Å²) in [6.07, 6.45) is 3.15. The van der Waals surface area contributed by atoms with Crippen molar-refractivity contribution >= 4 is 23.2 Å². The van der Waals surface area contributed by atoms with Gasteiger partial charge in [0.1, 0.15) is 5.69 Å². The van der Waals surface area contributed by atoms with E-state index in [-0.39, 0.29) is 23.2 Å². The monoisotopic (exact) mass is 280 g/mol. The predicted molar refractivity (Wildman–Crippen MR) is 67.8 cm³/mol. The summed E-state index contributed by atoms with van der Waals surface area (Å²) in [5, 5.41) is 4.36. The van der Waals surface area contributed by atoms with Gasteiger partial charge in [0.15, 0.2) is 0 Å². The number of amides is 1. The molecular weight excluding hydrogens is 268 g/mol. The second-order valence-corrected chi connectivity index (χ2v) is 4.38. The molecule has 0 spiro atoms. The summed E-state index contributed by atoms with van der Waals surface area (Å²) < 4.78 is 4.80. The fourth-order valence-corrected chi connectivity index (χ4v) is 2.00. The Morgan fingerprint density at radius 3 is 3.05 bits per heavy atom. The summed E-state index contributed by atoms with van der Waals surface area (Å²) in [5.74, 6) is -0.860. The molecule has 0 aliphatic heterocycles. The first-order valence-electron chi connectivity index (χ1n) is 5.58. The van der Waals surface area contributed by atoms with Crippen molar-refractivity contribution in [2.45, 2.75) is 13.5 Å². The fraction of sp³-hybridized carbons (Fsp3) is 0.273. The fourth-order valence-electron chi connectivity index (χ4n) is 1.31. The van der Waals surface area contributed by atoms with Crippen molar-refractivity contribution in [3.63, 3.8) is 0 Å². The number of H-pyrrole nitrogens is 1. The van der Waals surface area contributed by atoms with Crippen LogP contribution in [0.4, 0.5) is 0 Å². The van der Waals surface area contributed by atoms with Gasteiger partial charge < -0.3 is 15.0 Å². The molecule has 0 aliphatic rings. The minimum absolute atomic E-state index is 0.175. The van der Waals surface area contributed by atoms with E-state index in [0.717, 1.165) is 17.0 Å². The SMILES string of the molecule is CCOC(=O)c1nc(C(=O)NCc2cnc[nH]2)cs1. The number of hydrogen-bond donors (Lipinski definition) is 2. The molecule has 0 atom stereocenters. The Morgan fingerprint density at radius 2 is 2.37 bits per heavy atom. The number of carbonyl (C=O) groups excluding carboxylic acids is 2. The molecule has 0 aliphatic carbocycles. The Bertz CT molecular complexity index is 564. The number of nitrogens with zero attached hydrogens (tertiary/aromatic N) is 2. The third-order valence-corrected chi connectivity index (χ3v) is 3.00. The number of ether oxygens (including phenoxy) is 1. The van der Waals surface area contributed by atoms with Crippen LogP contribution < -0.4 is 5.32 Å². The maximum Gasteiger partial charge on any atom is 0.367 e. The molecule has 2 rings (SSSR count). The standard InChI is InChI=1S/C11H12N4O3S/c1-2-18-11(17)10-15-8(5-19-10)9(16)13-4-7-3-12-6-14-7/h3,5-6H,2,4H2,1H3,(H,12,14)(H,13,16). The van der Waals surface area contributed by atoms with Gasteiger partial charge >= 0.3 is 5.97 Å². The van der Waals surface area contributed by atoms with Crippen molar-refractivity contribution < 1.29 is 14.3 Å². The highest BCUT2D eigenvalue weighted by atomic mass is 32.1. The van der Waals surface area contributed by atoms with Gasteiger partial charge in [-0.05, 0) is 6.92 Å². The topological polar surface area (TPSA) is 97.0 Å². The molecule has 2 aromatic heterocycles. The highest BCUT2D eigenvalue weighted by Gasteiger charge is 2.16. The first-order chi connectivity index (χ1) is 9.20. The lowest BCUT2D eigenvalue weighted by Crippen LogP contribution is -2.23. The largest absolute Gasteiger partial charge is 0.461 e. The smallest absolute Gasteiger partial charge is 0.367 e. The molecule has 8 heteroatoms. The molecule has 0 saturated carbocycles. The van der Waals surface area contributed by atoms with Gasteiger partial charge in [-0.3, -0.25) is 4.79 Å². The molecule has 2 heterocycles. The average Bonchev–Trinajstić information content (AvgIpc) is 3.07. The van der Waals surface area contributed by atoms with Crippen LogP contribution in [0.3, 0.4) is 0 Å². The van der Waals surface area contributed by atoms with Gasteiger partial charge in [0.2, 0.25) is 5.01 Å². The molecule has 19 heavy (non-hydrogen) atoms. The van der Waals surface area contributed by atoms with E-state index in [2.05, 4.69) is 20.3 Å². The Morgan fingerprint density at radius 1 is 1.53 bits per heavy atom. The van der Waals surface area contributed by atoms with Gasteiger partial charge in [-0.2, -0.15) is 0 Å². The van der Waals surface area contributed by atoms with Crippen LogP contribution in [0, 0.1) is 0 Å². The van der Waals surface area contributed by atoms with Crippen LogP contribution in [-0.4, -0.2) is 33.4 Å². The van der Waals surface area contributed by atoms with Crippen LogP contribution in [0.15, 0.2) is 17.9 Å². The van der Waals surface area contributed by atoms with E-state index >= 15 is 0 Å². The number of thiazole rings is 1. The van der Waals surface area contributed by atoms with E-state index in [1.54, 1.807) is 13.1 Å². The zero-order valence-electron chi connectivity index (χ0n) is 10.2. The van der Waals surface area contributed by atoms with Gasteiger partial charge in [0.05, 0.1) is 25.2 Å². The van der Waals surface area contributed by atoms with E-state index in [1.807, 2.05) is 0 Å². The Hall–Kier alpha value is -2.22. The van der Waals surface area contributed by atoms with Gasteiger partial charge in [-0.25, -0.2) is 14.8 Å². The molecule has 0 saturated heterocycles. The number of esters is 1. The van der Waals surface area contributed by atoms with E-state index in [0.29, 0.717) is 6.54 Å². The van der Waals surface area contributed by atoms with Crippen LogP contribution in [-0.2, 0) is 11.3 Å². The third-order valence-electron chi connectivity index (χ3n) is 2.18. The van der Waals surface area contributed by atoms with Gasteiger partial charge in [0.25, 0.3) is 5.91 Å². The van der Waals surface area contributed by atoms with Crippen molar-refractivity contribution in [2.24, 2.45) is 0 Å². The molecule has 7 nitrogen and oxygen atoms in total. The summed E-state index contributed by atoms with van der Waals surface area (Å²) >= 11 is 1.08. The quantitative estimate of drug-likeness (QED) is 0.795. The first-order valence-corrected chi connectivity index (χ1v) is 6.46. The third kappa shape index (κ3) is 3.38. The molecule has 0 fully saturated rings. The molecule has 0 radical (unpaired) electrons. The molecule has 0 bridgehead atoms. The van der Waals surface area contributed by atoms with E-state index in [4.69, 9.17) is 4.74 Å². The van der Waals surface area contributed by atoms with Gasteiger partial charge in [0, 0.05) is 11.6 Å². The zero-order chi connectivity index (χ0) is 13.7. The van der Waals surface area contributed by atoms with Crippen LogP contribution in [0.1, 0.15) is 32.9 Å². The predicted octanol–water partition coefficient (Wildman–Crippen LogP) is 0.973. The number of aromatic nitrogens is 3. The van der Waals surface area contributed by atoms with Crippen molar-refractivity contribution in [2.75, 3.05) is 6.61 Å². The second-order valence-electron chi connectivity index (χ2n) is 3.52. The van der Waals surface area contributed by atoms with E-state index < -0.39 is 5.97 Å². The molecule has 0 unspecified atom stereocenters. The maximum absolute atomic E-state index is 11.8. The number of aromatic amines is 1. The summed E-state index contributed by atoms with van der Waals surface area (Å²) in [4.78, 5) is 33.8. The lowest BCUT2D eigenvalue weighted by atomic mass is 10.4. The highest BCUT2D eigenvalue weighted by Crippen LogP contribution is 2.11. The normalized spacial score (nSPS) is 10.2. The lowest BCUT2D eigenvalue weighted by Gasteiger charge is -2.00. The Kier molecular flexibility index (Phi) is 4.24. The minimum Gasteiger partial charge on any atom is -0.461 e. The number of rotatable bonds is 5. The van der Waals surface area contributed by atoms with E-state index in [9.17, 15) is 9.59 Å². The zero-order valence-corrected chi connectivity index (χ0v) is 11.0. The molecule has 0 aromatic carbocycles. The highest BCUT2D eigenvalue weighted by molar-refractivity contribution is 7.11. The van der Waals surface area contributed by atoms with Crippen molar-refractivity contribution in [1.29, 1.82) is 0 Å². The second kappa shape index (κ2) is 6.10. The summed E-state index contributed by atoms with van der Waals surface area (Å²) in [6.45, 7) is 2.31. The average molecular weight is 280 g/mol. The van der Waals surface area contributed by atoms with Crippen LogP contribution >= 0.6 is 11.3 Å². The number of hydrogen-bond acceptors (Lipinski definition) is 6. The summed E-state index contributed by atoms with van der Waals surface area (Å²) in [6, 6.07) is 0. The number of imidazole rings is 1. The van der Waals surface area contributed by atoms with Crippen molar-refractivity contribution in [3.05, 3.63) is 34.3 Å². The van der Waals surface area contributed by atoms with Crippen LogP contribution in [0.2, 0.25) is 0 Å². The van der Waals surface area contributed by atoms with Crippen LogP contribution in [0.5, 0.6) is 0 Å². The van der Waals surface area contributed by atoms with Crippen molar-refractivity contribution in [1.82, 2.24) is 20.3 Å². The molecular formula is C11H12N4O3S. The Balaban J connectivity index is 1.94. The molecule has 100 valence electrons. The molecule has 2 N–H and O–H groups in total. The maximum atomic E-state index is 11.8. The first kappa shape index (κ1) is 13.2. The molecule has 2 aromatic rings. The minimum atomic E-state index is -0.514. The van der Waals surface area contributed by atoms with Gasteiger partial charge in [-0.1, -0.05) is 0 Å². The number of nitrogens with one attached hydrogen (secondary N) is 2. The van der Waals surface area contributed by atoms with Crippen molar-refractivity contribution in [3.8, 4) is 0 Å². The summed E-state index contributed by atoms with van der Waals surface area (Å²) in [7, 11) is 0. The lowest BCUT2D eigenvalue weighted by molar-refractivity contribution is 0.0526. The number of carbonyl (C=O) groups is 2. The van der Waals surface area contributed by atoms with Gasteiger partial charge in [-0.15, -0.1) is 11.3 Å². The summed E-state index contributed by atoms with van der Waals surface area (Å²) in [5.41, 5.74) is 0.988. The van der Waals surface area contributed by atoms with Crippen LogP contribution in [0.25, 0.3) is 0 Å².